The van der Waals surface area contributed by atoms with E-state index in [0.29, 0.717) is 30.7 Å². The van der Waals surface area contributed by atoms with Crippen molar-refractivity contribution >= 4 is 41.0 Å². The van der Waals surface area contributed by atoms with Crippen molar-refractivity contribution in [1.82, 2.24) is 25.8 Å². The van der Waals surface area contributed by atoms with Crippen LogP contribution in [-0.4, -0.2) is 85.4 Å². The summed E-state index contributed by atoms with van der Waals surface area (Å²) in [7, 11) is 5.01. The predicted octanol–water partition coefficient (Wildman–Crippen LogP) is 4.25. The van der Waals surface area contributed by atoms with Crippen molar-refractivity contribution in [3.05, 3.63) is 16.1 Å². The van der Waals surface area contributed by atoms with Gasteiger partial charge in [-0.3, -0.25) is 24.0 Å². The molecular weight excluding hydrogens is 622 g/mol. The number of esters is 2. The van der Waals surface area contributed by atoms with E-state index >= 15 is 0 Å². The summed E-state index contributed by atoms with van der Waals surface area (Å²) >= 11 is 1.23. The number of hydrogen-bond acceptors (Lipinski definition) is 10. The second-order valence-electron chi connectivity index (χ2n) is 13.4. The normalized spacial score (nSPS) is 19.0. The lowest BCUT2D eigenvalue weighted by Crippen LogP contribution is -2.54. The molecule has 0 aromatic carbocycles. The van der Waals surface area contributed by atoms with Crippen molar-refractivity contribution in [2.75, 3.05) is 27.7 Å². The van der Waals surface area contributed by atoms with E-state index in [4.69, 9.17) is 9.47 Å². The van der Waals surface area contributed by atoms with E-state index < -0.39 is 18.1 Å². The van der Waals surface area contributed by atoms with Gasteiger partial charge >= 0.3 is 11.9 Å². The molecule has 3 amide bonds. The summed E-state index contributed by atoms with van der Waals surface area (Å²) in [6, 6.07) is -1.13. The van der Waals surface area contributed by atoms with Gasteiger partial charge in [-0.25, -0.2) is 4.98 Å². The highest BCUT2D eigenvalue weighted by molar-refractivity contribution is 7.09. The number of methoxy groups -OCH3 is 1. The molecule has 0 saturated heterocycles. The fourth-order valence-electron chi connectivity index (χ4n) is 6.01. The summed E-state index contributed by atoms with van der Waals surface area (Å²) in [6.07, 6.45) is 4.77. The Morgan fingerprint density at radius 1 is 1.02 bits per heavy atom. The molecular formula is C34H57N5O7S. The van der Waals surface area contributed by atoms with Crippen LogP contribution in [0, 0.1) is 23.7 Å². The van der Waals surface area contributed by atoms with Crippen LogP contribution < -0.4 is 16.0 Å². The van der Waals surface area contributed by atoms with E-state index in [-0.39, 0.29) is 71.6 Å². The van der Waals surface area contributed by atoms with Gasteiger partial charge in [0.15, 0.2) is 6.10 Å². The fourth-order valence-corrected chi connectivity index (χ4v) is 6.85. The topological polar surface area (TPSA) is 156 Å². The molecule has 1 aliphatic rings. The lowest BCUT2D eigenvalue weighted by Gasteiger charge is -2.36. The third-order valence-corrected chi connectivity index (χ3v) is 9.93. The zero-order valence-electron chi connectivity index (χ0n) is 29.7. The van der Waals surface area contributed by atoms with Crippen LogP contribution >= 0.6 is 11.3 Å². The molecule has 1 saturated carbocycles. The predicted molar refractivity (Wildman–Crippen MR) is 182 cm³/mol. The van der Waals surface area contributed by atoms with Crippen molar-refractivity contribution in [2.45, 2.75) is 117 Å². The van der Waals surface area contributed by atoms with Crippen LogP contribution in [0.1, 0.15) is 115 Å². The number of ether oxygens (including phenoxy) is 2. The van der Waals surface area contributed by atoms with Gasteiger partial charge in [-0.2, -0.15) is 0 Å². The summed E-state index contributed by atoms with van der Waals surface area (Å²) < 4.78 is 10.6. The van der Waals surface area contributed by atoms with Crippen LogP contribution in [0.5, 0.6) is 0 Å². The highest BCUT2D eigenvalue weighted by atomic mass is 32.1. The maximum absolute atomic E-state index is 13.9. The van der Waals surface area contributed by atoms with Crippen LogP contribution in [0.15, 0.2) is 5.38 Å². The summed E-state index contributed by atoms with van der Waals surface area (Å²) in [5.74, 6) is -1.90. The Labute approximate surface area is 284 Å². The quantitative estimate of drug-likeness (QED) is 0.153. The molecule has 0 radical (unpaired) electrons. The number of aromatic nitrogens is 1. The first-order chi connectivity index (χ1) is 22.2. The number of nitrogens with zero attached hydrogens (tertiary/aromatic N) is 2. The van der Waals surface area contributed by atoms with Gasteiger partial charge in [-0.1, -0.05) is 41.0 Å². The molecule has 266 valence electrons. The van der Waals surface area contributed by atoms with E-state index in [1.807, 2.05) is 41.7 Å². The number of carbonyl (C=O) groups excluding carboxylic acids is 5. The van der Waals surface area contributed by atoms with E-state index in [2.05, 4.69) is 20.9 Å². The third-order valence-electron chi connectivity index (χ3n) is 9.00. The van der Waals surface area contributed by atoms with Crippen LogP contribution in [-0.2, 0) is 28.7 Å². The number of unbranched alkanes of at least 4 members (excludes halogenated alkanes) is 1. The smallest absolute Gasteiger partial charge is 0.308 e. The van der Waals surface area contributed by atoms with Gasteiger partial charge in [-0.15, -0.1) is 11.3 Å². The van der Waals surface area contributed by atoms with Gasteiger partial charge in [0, 0.05) is 43.8 Å². The Morgan fingerprint density at radius 2 is 1.68 bits per heavy atom. The molecule has 0 bridgehead atoms. The molecule has 1 aromatic heterocycles. The minimum Gasteiger partial charge on any atom is -0.469 e. The summed E-state index contributed by atoms with van der Waals surface area (Å²) in [5.41, 5.74) is 0.227. The average molecular weight is 680 g/mol. The number of rotatable bonds is 18. The van der Waals surface area contributed by atoms with Crippen molar-refractivity contribution in [3.63, 3.8) is 0 Å². The zero-order chi connectivity index (χ0) is 35.3. The first kappa shape index (κ1) is 40.1. The number of nitrogens with one attached hydrogen (secondary N) is 3. The number of carbonyl (C=O) groups is 5. The molecule has 1 aliphatic carbocycles. The second kappa shape index (κ2) is 19.7. The first-order valence-corrected chi connectivity index (χ1v) is 17.8. The SMILES string of the molecule is CNCCCC[C@@H](C)C(=O)N[C@H](C(=O)N(C)[C@H](C[C@@H](OC(C)=O)c1nc(C(=O)N[C@H]2CC[C@H](C(=O)OC)CC2)cs1)C(C)C)C(C)C. The van der Waals surface area contributed by atoms with Gasteiger partial charge in [-0.05, 0) is 64.0 Å². The molecule has 13 heteroatoms. The Morgan fingerprint density at radius 3 is 2.23 bits per heavy atom. The molecule has 0 aliphatic heterocycles. The Hall–Kier alpha value is -3.06. The lowest BCUT2D eigenvalue weighted by molar-refractivity contribution is -0.149. The van der Waals surface area contributed by atoms with Gasteiger partial charge in [0.1, 0.15) is 16.7 Å². The highest BCUT2D eigenvalue weighted by Crippen LogP contribution is 2.31. The Bertz CT molecular complexity index is 1180. The van der Waals surface area contributed by atoms with E-state index in [1.165, 1.54) is 25.4 Å². The largest absolute Gasteiger partial charge is 0.469 e. The van der Waals surface area contributed by atoms with Crippen LogP contribution in [0.4, 0.5) is 0 Å². The van der Waals surface area contributed by atoms with E-state index in [1.54, 1.807) is 17.3 Å². The lowest BCUT2D eigenvalue weighted by atomic mass is 9.86. The summed E-state index contributed by atoms with van der Waals surface area (Å²) in [5, 5.41) is 11.2. The fraction of sp³-hybridized carbons (Fsp3) is 0.765. The van der Waals surface area contributed by atoms with Crippen molar-refractivity contribution < 1.29 is 33.4 Å². The standard InChI is InChI=1S/C34H57N5O7S/c1-20(2)27(39(8)33(43)29(21(3)4)38-30(41)22(5)12-10-11-17-35-7)18-28(46-23(6)40)32-37-26(19-47-32)31(42)36-25-15-13-24(14-16-25)34(44)45-9/h19-22,24-25,27-29,35H,10-18H2,1-9H3,(H,36,42)(H,38,41)/t22-,24-,25-,27-,28-,29+/m1/s1. The van der Waals surface area contributed by atoms with Crippen molar-refractivity contribution in [3.8, 4) is 0 Å². The summed E-state index contributed by atoms with van der Waals surface area (Å²) in [4.78, 5) is 70.3. The van der Waals surface area contributed by atoms with Crippen LogP contribution in [0.3, 0.4) is 0 Å². The third kappa shape index (κ3) is 12.5. The van der Waals surface area contributed by atoms with E-state index in [9.17, 15) is 24.0 Å². The molecule has 0 unspecified atom stereocenters. The van der Waals surface area contributed by atoms with Gasteiger partial charge < -0.3 is 30.3 Å². The van der Waals surface area contributed by atoms with Gasteiger partial charge in [0.25, 0.3) is 5.91 Å². The van der Waals surface area contributed by atoms with Crippen molar-refractivity contribution in [2.24, 2.45) is 23.7 Å². The number of hydrogen-bond donors (Lipinski definition) is 3. The monoisotopic (exact) mass is 679 g/mol. The molecule has 0 spiro atoms. The van der Waals surface area contributed by atoms with Gasteiger partial charge in [0.2, 0.25) is 11.8 Å². The Balaban J connectivity index is 2.14. The molecule has 3 N–H and O–H groups in total. The summed E-state index contributed by atoms with van der Waals surface area (Å²) in [6.45, 7) is 11.9. The van der Waals surface area contributed by atoms with Crippen LogP contribution in [0.2, 0.25) is 0 Å². The number of amides is 3. The molecule has 1 fully saturated rings. The minimum absolute atomic E-state index is 0.0144. The molecule has 12 nitrogen and oxygen atoms in total. The first-order valence-electron chi connectivity index (χ1n) is 16.9. The molecule has 1 aromatic rings. The second-order valence-corrected chi connectivity index (χ2v) is 14.3. The molecule has 4 atom stereocenters. The Kier molecular flexibility index (Phi) is 16.8. The number of likely N-dealkylation sites (N-methyl/N-ethyl adjacent to an activating group) is 1. The van der Waals surface area contributed by atoms with E-state index in [0.717, 1.165) is 25.8 Å². The van der Waals surface area contributed by atoms with Crippen molar-refractivity contribution in [1.29, 1.82) is 0 Å². The highest BCUT2D eigenvalue weighted by Gasteiger charge is 2.36. The van der Waals surface area contributed by atoms with Crippen LogP contribution in [0.25, 0.3) is 0 Å². The van der Waals surface area contributed by atoms with Gasteiger partial charge in [0.05, 0.1) is 13.0 Å². The maximum atomic E-state index is 13.9. The number of thiazole rings is 1. The zero-order valence-corrected chi connectivity index (χ0v) is 30.5. The average Bonchev–Trinajstić information content (AvgIpc) is 3.53. The maximum Gasteiger partial charge on any atom is 0.308 e. The molecule has 47 heavy (non-hydrogen) atoms. The molecule has 2 rings (SSSR count). The minimum atomic E-state index is -0.776. The molecule has 1 heterocycles.